The molecule has 1 aromatic rings. The van der Waals surface area contributed by atoms with Crippen LogP contribution in [-0.2, 0) is 5.41 Å². The van der Waals surface area contributed by atoms with Crippen molar-refractivity contribution in [1.82, 2.24) is 0 Å². The van der Waals surface area contributed by atoms with Crippen molar-refractivity contribution in [2.45, 2.75) is 64.9 Å². The maximum absolute atomic E-state index is 10.5. The van der Waals surface area contributed by atoms with Gasteiger partial charge in [0.15, 0.2) is 0 Å². The monoisotopic (exact) mass is 260 g/mol. The number of hydrogen-bond donors (Lipinski definition) is 1. The van der Waals surface area contributed by atoms with E-state index >= 15 is 0 Å². The van der Waals surface area contributed by atoms with Gasteiger partial charge in [0.05, 0.1) is 6.10 Å². The summed E-state index contributed by atoms with van der Waals surface area (Å²) < 4.78 is 0. The fourth-order valence-electron chi connectivity index (χ4n) is 3.22. The van der Waals surface area contributed by atoms with Gasteiger partial charge in [-0.05, 0) is 41.2 Å². The highest BCUT2D eigenvalue weighted by atomic mass is 16.3. The predicted octanol–water partition coefficient (Wildman–Crippen LogP) is 4.84. The number of aliphatic hydroxyl groups excluding tert-OH is 1. The highest BCUT2D eigenvalue weighted by molar-refractivity contribution is 5.29. The zero-order valence-electron chi connectivity index (χ0n) is 12.8. The van der Waals surface area contributed by atoms with Crippen LogP contribution >= 0.6 is 0 Å². The number of rotatable bonds is 3. The van der Waals surface area contributed by atoms with Crippen molar-refractivity contribution in [1.29, 1.82) is 0 Å². The summed E-state index contributed by atoms with van der Waals surface area (Å²) in [6.07, 6.45) is 4.65. The molecule has 0 spiro atoms. The third kappa shape index (κ3) is 3.39. The summed E-state index contributed by atoms with van der Waals surface area (Å²) in [4.78, 5) is 0. The van der Waals surface area contributed by atoms with Crippen LogP contribution in [0.15, 0.2) is 24.3 Å². The van der Waals surface area contributed by atoms with E-state index in [4.69, 9.17) is 0 Å². The maximum atomic E-state index is 10.5. The van der Waals surface area contributed by atoms with Crippen LogP contribution in [0, 0.1) is 11.8 Å². The van der Waals surface area contributed by atoms with E-state index in [-0.39, 0.29) is 11.5 Å². The third-order valence-corrected chi connectivity index (χ3v) is 4.72. The Bertz CT molecular complexity index is 399. The van der Waals surface area contributed by atoms with E-state index in [0.717, 1.165) is 11.5 Å². The summed E-state index contributed by atoms with van der Waals surface area (Å²) in [5, 5.41) is 10.5. The summed E-state index contributed by atoms with van der Waals surface area (Å²) in [5.74, 6) is 1.29. The lowest BCUT2D eigenvalue weighted by atomic mass is 9.85. The van der Waals surface area contributed by atoms with Crippen LogP contribution in [0.4, 0.5) is 0 Å². The molecule has 0 aliphatic heterocycles. The number of aliphatic hydroxyl groups is 1. The van der Waals surface area contributed by atoms with E-state index in [1.54, 1.807) is 0 Å². The maximum Gasteiger partial charge on any atom is 0.0818 e. The van der Waals surface area contributed by atoms with Crippen molar-refractivity contribution in [2.75, 3.05) is 0 Å². The summed E-state index contributed by atoms with van der Waals surface area (Å²) in [6.45, 7) is 8.93. The average molecular weight is 260 g/mol. The van der Waals surface area contributed by atoms with Gasteiger partial charge in [-0.1, -0.05) is 64.8 Å². The minimum absolute atomic E-state index is 0.185. The summed E-state index contributed by atoms with van der Waals surface area (Å²) >= 11 is 0. The molecule has 1 N–H and O–H groups in total. The summed E-state index contributed by atoms with van der Waals surface area (Å²) in [7, 11) is 0. The van der Waals surface area contributed by atoms with Gasteiger partial charge in [0.2, 0.25) is 0 Å². The second-order valence-electron chi connectivity index (χ2n) is 7.16. The van der Waals surface area contributed by atoms with Gasteiger partial charge in [-0.15, -0.1) is 0 Å². The highest BCUT2D eigenvalue weighted by Gasteiger charge is 2.29. The SMILES string of the molecule is CCC1CCC(C(O)c2ccc(C(C)(C)C)cc2)C1. The van der Waals surface area contributed by atoms with Crippen LogP contribution in [0.3, 0.4) is 0 Å². The highest BCUT2D eigenvalue weighted by Crippen LogP contribution is 2.40. The molecule has 1 aliphatic rings. The van der Waals surface area contributed by atoms with Crippen LogP contribution in [0.5, 0.6) is 0 Å². The Morgan fingerprint density at radius 3 is 2.26 bits per heavy atom. The molecule has 1 fully saturated rings. The van der Waals surface area contributed by atoms with Crippen molar-refractivity contribution in [3.05, 3.63) is 35.4 Å². The topological polar surface area (TPSA) is 20.2 Å². The van der Waals surface area contributed by atoms with Crippen molar-refractivity contribution in [2.24, 2.45) is 11.8 Å². The molecular weight excluding hydrogens is 232 g/mol. The van der Waals surface area contributed by atoms with Crippen LogP contribution in [0.25, 0.3) is 0 Å². The first kappa shape index (κ1) is 14.6. The largest absolute Gasteiger partial charge is 0.388 e. The van der Waals surface area contributed by atoms with Gasteiger partial charge in [-0.2, -0.15) is 0 Å². The van der Waals surface area contributed by atoms with Gasteiger partial charge in [-0.3, -0.25) is 0 Å². The molecule has 0 aromatic heterocycles. The van der Waals surface area contributed by atoms with E-state index in [1.165, 1.54) is 31.2 Å². The Labute approximate surface area is 118 Å². The number of hydrogen-bond acceptors (Lipinski definition) is 1. The molecule has 1 aliphatic carbocycles. The first-order valence-electron chi connectivity index (χ1n) is 7.70. The molecule has 0 radical (unpaired) electrons. The van der Waals surface area contributed by atoms with E-state index in [0.29, 0.717) is 5.92 Å². The third-order valence-electron chi connectivity index (χ3n) is 4.72. The Hall–Kier alpha value is -0.820. The van der Waals surface area contributed by atoms with Gasteiger partial charge in [0.1, 0.15) is 0 Å². The van der Waals surface area contributed by atoms with Crippen LogP contribution in [0.1, 0.15) is 70.6 Å². The molecule has 2 rings (SSSR count). The van der Waals surface area contributed by atoms with Crippen molar-refractivity contribution >= 4 is 0 Å². The quantitative estimate of drug-likeness (QED) is 0.824. The molecule has 1 aromatic carbocycles. The summed E-state index contributed by atoms with van der Waals surface area (Å²) in [6, 6.07) is 8.57. The molecule has 0 amide bonds. The Kier molecular flexibility index (Phi) is 4.35. The first-order valence-corrected chi connectivity index (χ1v) is 7.70. The minimum Gasteiger partial charge on any atom is -0.388 e. The minimum atomic E-state index is -0.273. The molecule has 1 heteroatoms. The lowest BCUT2D eigenvalue weighted by Crippen LogP contribution is -2.13. The molecule has 1 nitrogen and oxygen atoms in total. The van der Waals surface area contributed by atoms with Crippen molar-refractivity contribution < 1.29 is 5.11 Å². The van der Waals surface area contributed by atoms with Gasteiger partial charge in [0.25, 0.3) is 0 Å². The molecule has 3 unspecified atom stereocenters. The van der Waals surface area contributed by atoms with E-state index < -0.39 is 0 Å². The van der Waals surface area contributed by atoms with E-state index in [1.807, 2.05) is 0 Å². The fraction of sp³-hybridized carbons (Fsp3) is 0.667. The summed E-state index contributed by atoms with van der Waals surface area (Å²) in [5.41, 5.74) is 2.61. The Balaban J connectivity index is 2.06. The van der Waals surface area contributed by atoms with E-state index in [2.05, 4.69) is 52.0 Å². The van der Waals surface area contributed by atoms with Crippen LogP contribution in [0.2, 0.25) is 0 Å². The molecule has 0 heterocycles. The number of benzene rings is 1. The standard InChI is InChI=1S/C18H28O/c1-5-13-6-7-15(12-13)17(19)14-8-10-16(11-9-14)18(2,3)4/h8-11,13,15,17,19H,5-7,12H2,1-4H3. The molecule has 0 bridgehead atoms. The second-order valence-corrected chi connectivity index (χ2v) is 7.16. The van der Waals surface area contributed by atoms with E-state index in [9.17, 15) is 5.11 Å². The van der Waals surface area contributed by atoms with Crippen LogP contribution in [-0.4, -0.2) is 5.11 Å². The first-order chi connectivity index (χ1) is 8.91. The molecular formula is C18H28O. The molecule has 3 atom stereocenters. The lowest BCUT2D eigenvalue weighted by molar-refractivity contribution is 0.109. The fourth-order valence-corrected chi connectivity index (χ4v) is 3.22. The molecule has 106 valence electrons. The zero-order valence-corrected chi connectivity index (χ0v) is 12.8. The zero-order chi connectivity index (χ0) is 14.0. The van der Waals surface area contributed by atoms with Gasteiger partial charge >= 0.3 is 0 Å². The van der Waals surface area contributed by atoms with Gasteiger partial charge in [-0.25, -0.2) is 0 Å². The van der Waals surface area contributed by atoms with Crippen molar-refractivity contribution in [3.8, 4) is 0 Å². The van der Waals surface area contributed by atoms with Crippen molar-refractivity contribution in [3.63, 3.8) is 0 Å². The molecule has 1 saturated carbocycles. The smallest absolute Gasteiger partial charge is 0.0818 e. The lowest BCUT2D eigenvalue weighted by Gasteiger charge is -2.22. The molecule has 19 heavy (non-hydrogen) atoms. The Morgan fingerprint density at radius 2 is 1.79 bits per heavy atom. The predicted molar refractivity (Wildman–Crippen MR) is 81.2 cm³/mol. The second kappa shape index (κ2) is 5.66. The molecule has 0 saturated heterocycles. The van der Waals surface area contributed by atoms with Gasteiger partial charge in [0, 0.05) is 0 Å². The normalized spacial score (nSPS) is 25.5. The average Bonchev–Trinajstić information content (AvgIpc) is 2.86. The Morgan fingerprint density at radius 1 is 1.16 bits per heavy atom. The van der Waals surface area contributed by atoms with Gasteiger partial charge < -0.3 is 5.11 Å². The van der Waals surface area contributed by atoms with Crippen LogP contribution < -0.4 is 0 Å².